The Morgan fingerprint density at radius 2 is 2.04 bits per heavy atom. The first-order valence-corrected chi connectivity index (χ1v) is 9.20. The van der Waals surface area contributed by atoms with Crippen molar-refractivity contribution in [3.63, 3.8) is 0 Å². The van der Waals surface area contributed by atoms with Crippen molar-refractivity contribution in [1.29, 1.82) is 0 Å². The molecule has 0 radical (unpaired) electrons. The van der Waals surface area contributed by atoms with Crippen LogP contribution in [0.2, 0.25) is 5.15 Å². The van der Waals surface area contributed by atoms with E-state index in [4.69, 9.17) is 17.3 Å². The van der Waals surface area contributed by atoms with E-state index in [2.05, 4.69) is 32.1 Å². The van der Waals surface area contributed by atoms with Crippen LogP contribution in [0.15, 0.2) is 12.1 Å². The van der Waals surface area contributed by atoms with Crippen molar-refractivity contribution in [2.75, 3.05) is 17.7 Å². The summed E-state index contributed by atoms with van der Waals surface area (Å²) < 4.78 is 0. The van der Waals surface area contributed by atoms with Gasteiger partial charge in [0.1, 0.15) is 11.7 Å². The van der Waals surface area contributed by atoms with Crippen molar-refractivity contribution in [3.05, 3.63) is 39.8 Å². The first-order chi connectivity index (χ1) is 13.2. The summed E-state index contributed by atoms with van der Waals surface area (Å²) in [5, 5.41) is 33.3. The number of hydrogen-bond donors (Lipinski definition) is 5. The van der Waals surface area contributed by atoms with Gasteiger partial charge in [-0.2, -0.15) is 9.97 Å². The second-order valence-corrected chi connectivity index (χ2v) is 7.27. The maximum absolute atomic E-state index is 10.8. The number of nitrogens with zero attached hydrogens (tertiary/aromatic N) is 3. The topological polar surface area (TPSA) is 137 Å². The normalized spacial score (nSPS) is 23.9. The number of pyridine rings is 1. The van der Waals surface area contributed by atoms with E-state index in [1.807, 2.05) is 26.0 Å². The van der Waals surface area contributed by atoms with E-state index in [1.165, 1.54) is 0 Å². The van der Waals surface area contributed by atoms with Gasteiger partial charge >= 0.3 is 0 Å². The zero-order valence-corrected chi connectivity index (χ0v) is 16.3. The molecule has 3 atom stereocenters. The summed E-state index contributed by atoms with van der Waals surface area (Å²) in [5.74, 6) is 5.47. The summed E-state index contributed by atoms with van der Waals surface area (Å²) >= 11 is 6.22. The number of nitrogens with two attached hydrogens (primary N) is 1. The average Bonchev–Trinajstić information content (AvgIpc) is 2.90. The molecule has 1 aliphatic carbocycles. The highest BCUT2D eigenvalue weighted by Crippen LogP contribution is 2.36. The van der Waals surface area contributed by atoms with Gasteiger partial charge in [0.25, 0.3) is 0 Å². The van der Waals surface area contributed by atoms with Gasteiger partial charge in [0.15, 0.2) is 16.7 Å². The molecule has 1 saturated carbocycles. The van der Waals surface area contributed by atoms with Gasteiger partial charge < -0.3 is 26.4 Å². The van der Waals surface area contributed by atoms with Crippen molar-refractivity contribution in [2.24, 2.45) is 5.92 Å². The van der Waals surface area contributed by atoms with Crippen molar-refractivity contribution in [1.82, 2.24) is 15.0 Å². The Kier molecular flexibility index (Phi) is 5.72. The lowest BCUT2D eigenvalue weighted by Crippen LogP contribution is -2.48. The van der Waals surface area contributed by atoms with E-state index in [1.54, 1.807) is 0 Å². The molecule has 0 spiro atoms. The minimum Gasteiger partial charge on any atom is -0.396 e. The third kappa shape index (κ3) is 4.03. The molecule has 2 heterocycles. The maximum atomic E-state index is 10.8. The summed E-state index contributed by atoms with van der Waals surface area (Å²) in [6.07, 6.45) is -0.517. The minimum atomic E-state index is -1.69. The van der Waals surface area contributed by atoms with E-state index in [0.29, 0.717) is 12.0 Å². The number of anilines is 2. The lowest BCUT2D eigenvalue weighted by atomic mass is 10.0. The Morgan fingerprint density at radius 1 is 1.29 bits per heavy atom. The largest absolute Gasteiger partial charge is 0.396 e. The van der Waals surface area contributed by atoms with Crippen LogP contribution < -0.4 is 11.1 Å². The van der Waals surface area contributed by atoms with Gasteiger partial charge in [-0.3, -0.25) is 4.98 Å². The van der Waals surface area contributed by atoms with Crippen LogP contribution in [0.4, 0.5) is 11.8 Å². The molecule has 0 aromatic carbocycles. The summed E-state index contributed by atoms with van der Waals surface area (Å²) in [7, 11) is 0. The predicted molar refractivity (Wildman–Crippen MR) is 106 cm³/mol. The summed E-state index contributed by atoms with van der Waals surface area (Å²) in [5.41, 5.74) is 6.61. The van der Waals surface area contributed by atoms with E-state index in [-0.39, 0.29) is 35.5 Å². The molecule has 2 aromatic heterocycles. The Hall–Kier alpha value is -2.44. The Balaban J connectivity index is 1.99. The monoisotopic (exact) mass is 403 g/mol. The molecule has 1 fully saturated rings. The smallest absolute Gasteiger partial charge is 0.223 e. The fraction of sp³-hybridized carbons (Fsp3) is 0.421. The van der Waals surface area contributed by atoms with E-state index in [0.717, 1.165) is 11.4 Å². The fourth-order valence-corrected chi connectivity index (χ4v) is 3.46. The standard InChI is InChI=1S/C19H22ClN5O3/c1-10-3-4-12(11(2)22-10)5-6-14-16(20)23-18(21)24-17(14)25-19(28)8-7-13(9-26)15(19)27/h3-4,13,15,26-28H,7-9H2,1-2H3,(H3,21,23,24,25). The van der Waals surface area contributed by atoms with Gasteiger partial charge in [-0.05, 0) is 38.8 Å². The number of halogens is 1. The van der Waals surface area contributed by atoms with Gasteiger partial charge in [-0.25, -0.2) is 0 Å². The Labute approximate surface area is 167 Å². The fourth-order valence-electron chi connectivity index (χ4n) is 3.23. The number of rotatable bonds is 3. The number of aromatic nitrogens is 3. The zero-order chi connectivity index (χ0) is 20.5. The molecule has 0 saturated heterocycles. The Morgan fingerprint density at radius 3 is 2.68 bits per heavy atom. The molecule has 1 aliphatic rings. The third-order valence-electron chi connectivity index (χ3n) is 4.83. The summed E-state index contributed by atoms with van der Waals surface area (Å²) in [6, 6.07) is 3.70. The summed E-state index contributed by atoms with van der Waals surface area (Å²) in [6.45, 7) is 3.51. The van der Waals surface area contributed by atoms with Crippen LogP contribution in [-0.4, -0.2) is 48.7 Å². The highest BCUT2D eigenvalue weighted by atomic mass is 35.5. The highest BCUT2D eigenvalue weighted by molar-refractivity contribution is 6.31. The number of aliphatic hydroxyl groups is 3. The molecule has 3 rings (SSSR count). The molecule has 3 unspecified atom stereocenters. The van der Waals surface area contributed by atoms with Crippen molar-refractivity contribution in [3.8, 4) is 11.8 Å². The van der Waals surface area contributed by atoms with Crippen molar-refractivity contribution < 1.29 is 15.3 Å². The molecular weight excluding hydrogens is 382 g/mol. The van der Waals surface area contributed by atoms with Crippen LogP contribution in [0.5, 0.6) is 0 Å². The van der Waals surface area contributed by atoms with Gasteiger partial charge in [0.2, 0.25) is 5.95 Å². The molecule has 6 N–H and O–H groups in total. The minimum absolute atomic E-state index is 0.0232. The second kappa shape index (κ2) is 7.89. The quantitative estimate of drug-likeness (QED) is 0.290. The molecule has 28 heavy (non-hydrogen) atoms. The lowest BCUT2D eigenvalue weighted by molar-refractivity contribution is -0.0545. The Bertz CT molecular complexity index is 959. The number of hydrogen-bond acceptors (Lipinski definition) is 8. The van der Waals surface area contributed by atoms with Gasteiger partial charge in [0.05, 0.1) is 5.69 Å². The molecular formula is C19H22ClN5O3. The average molecular weight is 404 g/mol. The first-order valence-electron chi connectivity index (χ1n) is 8.82. The van der Waals surface area contributed by atoms with Crippen LogP contribution in [-0.2, 0) is 0 Å². The lowest BCUT2D eigenvalue weighted by Gasteiger charge is -2.30. The zero-order valence-electron chi connectivity index (χ0n) is 15.6. The number of nitrogen functional groups attached to an aromatic ring is 1. The second-order valence-electron chi connectivity index (χ2n) is 6.91. The number of aliphatic hydroxyl groups excluding tert-OH is 2. The van der Waals surface area contributed by atoms with Gasteiger partial charge in [0, 0.05) is 23.8 Å². The van der Waals surface area contributed by atoms with Crippen LogP contribution >= 0.6 is 11.6 Å². The van der Waals surface area contributed by atoms with E-state index < -0.39 is 17.7 Å². The SMILES string of the molecule is Cc1ccc(C#Cc2c(Cl)nc(N)nc2NC2(O)CCC(CO)C2O)c(C)n1. The molecule has 148 valence electrons. The molecule has 8 nitrogen and oxygen atoms in total. The maximum Gasteiger partial charge on any atom is 0.223 e. The van der Waals surface area contributed by atoms with Crippen LogP contribution in [0.1, 0.15) is 35.4 Å². The van der Waals surface area contributed by atoms with Crippen molar-refractivity contribution >= 4 is 23.4 Å². The van der Waals surface area contributed by atoms with Crippen molar-refractivity contribution in [2.45, 2.75) is 38.5 Å². The summed E-state index contributed by atoms with van der Waals surface area (Å²) in [4.78, 5) is 12.4. The van der Waals surface area contributed by atoms with E-state index in [9.17, 15) is 15.3 Å². The number of aryl methyl sites for hydroxylation is 2. The van der Waals surface area contributed by atoms with Crippen LogP contribution in [0, 0.1) is 31.6 Å². The number of nitrogens with one attached hydrogen (secondary N) is 1. The highest BCUT2D eigenvalue weighted by Gasteiger charge is 2.47. The molecule has 0 amide bonds. The molecule has 0 bridgehead atoms. The van der Waals surface area contributed by atoms with Crippen LogP contribution in [0.3, 0.4) is 0 Å². The predicted octanol–water partition coefficient (Wildman–Crippen LogP) is 0.988. The van der Waals surface area contributed by atoms with E-state index >= 15 is 0 Å². The molecule has 2 aromatic rings. The van der Waals surface area contributed by atoms with Gasteiger partial charge in [-0.15, -0.1) is 0 Å². The van der Waals surface area contributed by atoms with Gasteiger partial charge in [-0.1, -0.05) is 23.4 Å². The molecule has 9 heteroatoms. The third-order valence-corrected chi connectivity index (χ3v) is 5.10. The first kappa shape index (κ1) is 20.3. The van der Waals surface area contributed by atoms with Crippen LogP contribution in [0.25, 0.3) is 0 Å². The molecule has 0 aliphatic heterocycles.